The number of hydrogen-bond acceptors (Lipinski definition) is 1. The lowest BCUT2D eigenvalue weighted by Gasteiger charge is -2.34. The summed E-state index contributed by atoms with van der Waals surface area (Å²) < 4.78 is 0. The molecule has 2 unspecified atom stereocenters. The van der Waals surface area contributed by atoms with Crippen molar-refractivity contribution in [3.8, 4) is 0 Å². The Bertz CT molecular complexity index is 277. The van der Waals surface area contributed by atoms with Gasteiger partial charge in [0.15, 0.2) is 0 Å². The van der Waals surface area contributed by atoms with E-state index in [4.69, 9.17) is 0 Å². The van der Waals surface area contributed by atoms with Crippen LogP contribution in [0, 0.1) is 5.21 Å². The van der Waals surface area contributed by atoms with Gasteiger partial charge in [-0.25, -0.2) is 0 Å². The van der Waals surface area contributed by atoms with E-state index in [-0.39, 0.29) is 5.54 Å². The van der Waals surface area contributed by atoms with Crippen LogP contribution in [0.2, 0.25) is 0 Å². The first kappa shape index (κ1) is 18.7. The number of hydrogen-bond donors (Lipinski definition) is 1. The van der Waals surface area contributed by atoms with E-state index in [1.165, 1.54) is 77.0 Å². The van der Waals surface area contributed by atoms with Crippen LogP contribution in [-0.4, -0.2) is 5.54 Å². The molecule has 0 aromatic rings. The van der Waals surface area contributed by atoms with Crippen molar-refractivity contribution in [2.75, 3.05) is 0 Å². The normalized spacial score (nSPS) is 24.8. The van der Waals surface area contributed by atoms with E-state index >= 15 is 0 Å². The SMILES string of the molecule is CCCCCCCCCCCCCCC1(C)CC=C[NH+]1[O-]. The Balaban J connectivity index is 1.81. The van der Waals surface area contributed by atoms with Gasteiger partial charge in [-0.15, -0.1) is 0 Å². The lowest BCUT2D eigenvalue weighted by Crippen LogP contribution is -3.10. The van der Waals surface area contributed by atoms with Crippen molar-refractivity contribution >= 4 is 0 Å². The molecule has 0 radical (unpaired) electrons. The monoisotopic (exact) mass is 295 g/mol. The first-order chi connectivity index (χ1) is 10.2. The summed E-state index contributed by atoms with van der Waals surface area (Å²) in [4.78, 5) is 0. The van der Waals surface area contributed by atoms with Crippen molar-refractivity contribution in [2.24, 2.45) is 0 Å². The maximum Gasteiger partial charge on any atom is 0.102 e. The molecule has 1 heterocycles. The van der Waals surface area contributed by atoms with Gasteiger partial charge in [0.05, 0.1) is 6.20 Å². The summed E-state index contributed by atoms with van der Waals surface area (Å²) >= 11 is 0. The van der Waals surface area contributed by atoms with Crippen LogP contribution >= 0.6 is 0 Å². The van der Waals surface area contributed by atoms with Crippen LogP contribution in [0.3, 0.4) is 0 Å². The van der Waals surface area contributed by atoms with Crippen molar-refractivity contribution in [3.05, 3.63) is 17.5 Å². The van der Waals surface area contributed by atoms with E-state index in [1.54, 1.807) is 6.20 Å². The van der Waals surface area contributed by atoms with E-state index in [9.17, 15) is 5.21 Å². The van der Waals surface area contributed by atoms with Crippen molar-refractivity contribution in [1.82, 2.24) is 0 Å². The third-order valence-corrected chi connectivity index (χ3v) is 5.01. The quantitative estimate of drug-likeness (QED) is 0.370. The highest BCUT2D eigenvalue weighted by atomic mass is 16.5. The molecule has 0 spiro atoms. The number of nitrogens with one attached hydrogen (secondary N) is 1. The second-order valence-electron chi connectivity index (χ2n) is 7.17. The van der Waals surface area contributed by atoms with E-state index in [0.29, 0.717) is 5.06 Å². The predicted octanol–water partition coefficient (Wildman–Crippen LogP) is 5.14. The molecule has 0 saturated carbocycles. The molecule has 0 aromatic heterocycles. The summed E-state index contributed by atoms with van der Waals surface area (Å²) in [7, 11) is 0. The Kier molecular flexibility index (Phi) is 10.0. The third-order valence-electron chi connectivity index (χ3n) is 5.01. The van der Waals surface area contributed by atoms with Gasteiger partial charge in [0, 0.05) is 12.8 Å². The first-order valence-electron chi connectivity index (χ1n) is 9.40. The topological polar surface area (TPSA) is 27.5 Å². The van der Waals surface area contributed by atoms with Crippen molar-refractivity contribution in [3.63, 3.8) is 0 Å². The highest BCUT2D eigenvalue weighted by molar-refractivity contribution is 4.92. The standard InChI is InChI=1S/C19H37NO/c1-3-4-5-6-7-8-9-10-11-12-13-14-16-19(2)17-15-18-20(19)21/h15,18,20H,3-14,16-17H2,1-2H3. The fraction of sp³-hybridized carbons (Fsp3) is 0.895. The Morgan fingerprint density at radius 3 is 1.76 bits per heavy atom. The van der Waals surface area contributed by atoms with Gasteiger partial charge in [-0.1, -0.05) is 77.6 Å². The first-order valence-corrected chi connectivity index (χ1v) is 9.40. The van der Waals surface area contributed by atoms with Crippen LogP contribution in [0.25, 0.3) is 0 Å². The van der Waals surface area contributed by atoms with Gasteiger partial charge in [0.25, 0.3) is 0 Å². The number of unbranched alkanes of at least 4 members (excludes halogenated alkanes) is 11. The molecule has 2 atom stereocenters. The molecule has 2 heteroatoms. The Hall–Kier alpha value is -0.340. The van der Waals surface area contributed by atoms with Crippen LogP contribution in [-0.2, 0) is 0 Å². The zero-order valence-corrected chi connectivity index (χ0v) is 14.5. The number of rotatable bonds is 13. The van der Waals surface area contributed by atoms with E-state index in [2.05, 4.69) is 13.8 Å². The summed E-state index contributed by atoms with van der Waals surface area (Å²) in [5.41, 5.74) is -0.0571. The minimum atomic E-state index is -0.0571. The maximum absolute atomic E-state index is 11.7. The van der Waals surface area contributed by atoms with Gasteiger partial charge < -0.3 is 10.3 Å². The lowest BCUT2D eigenvalue weighted by molar-refractivity contribution is -0.845. The fourth-order valence-electron chi connectivity index (χ4n) is 3.31. The van der Waals surface area contributed by atoms with Gasteiger partial charge in [-0.05, 0) is 19.4 Å². The Morgan fingerprint density at radius 2 is 1.33 bits per heavy atom. The van der Waals surface area contributed by atoms with E-state index in [0.717, 1.165) is 12.8 Å². The van der Waals surface area contributed by atoms with Gasteiger partial charge in [0.2, 0.25) is 0 Å². The summed E-state index contributed by atoms with van der Waals surface area (Å²) in [5.74, 6) is 0. The average Bonchev–Trinajstić information content (AvgIpc) is 2.80. The highest BCUT2D eigenvalue weighted by Gasteiger charge is 2.32. The molecule has 1 aliphatic rings. The van der Waals surface area contributed by atoms with Gasteiger partial charge in [-0.2, -0.15) is 0 Å². The van der Waals surface area contributed by atoms with Crippen LogP contribution in [0.15, 0.2) is 12.3 Å². The molecule has 21 heavy (non-hydrogen) atoms. The summed E-state index contributed by atoms with van der Waals surface area (Å²) in [6, 6.07) is 0. The lowest BCUT2D eigenvalue weighted by atomic mass is 9.92. The molecule has 0 bridgehead atoms. The molecule has 0 amide bonds. The van der Waals surface area contributed by atoms with Crippen LogP contribution < -0.4 is 5.06 Å². The maximum atomic E-state index is 11.7. The Labute approximate surface area is 132 Å². The predicted molar refractivity (Wildman–Crippen MR) is 92.2 cm³/mol. The summed E-state index contributed by atoms with van der Waals surface area (Å²) in [6.45, 7) is 4.41. The zero-order chi connectivity index (χ0) is 15.4. The second-order valence-corrected chi connectivity index (χ2v) is 7.17. The summed E-state index contributed by atoms with van der Waals surface area (Å²) in [5, 5.41) is 12.1. The smallest absolute Gasteiger partial charge is 0.102 e. The second kappa shape index (κ2) is 11.3. The largest absolute Gasteiger partial charge is 0.629 e. The molecule has 0 fully saturated rings. The molecule has 1 rings (SSSR count). The van der Waals surface area contributed by atoms with Crippen LogP contribution in [0.5, 0.6) is 0 Å². The summed E-state index contributed by atoms with van der Waals surface area (Å²) in [6.07, 6.45) is 22.5. The van der Waals surface area contributed by atoms with Crippen LogP contribution in [0.4, 0.5) is 0 Å². The average molecular weight is 296 g/mol. The Morgan fingerprint density at radius 1 is 0.857 bits per heavy atom. The molecular weight excluding hydrogens is 258 g/mol. The molecule has 0 saturated heterocycles. The zero-order valence-electron chi connectivity index (χ0n) is 14.5. The molecule has 0 aliphatic carbocycles. The van der Waals surface area contributed by atoms with E-state index < -0.39 is 0 Å². The molecule has 1 N–H and O–H groups in total. The van der Waals surface area contributed by atoms with Crippen molar-refractivity contribution in [1.29, 1.82) is 0 Å². The van der Waals surface area contributed by atoms with Crippen molar-refractivity contribution < 1.29 is 5.06 Å². The number of quaternary nitrogens is 1. The van der Waals surface area contributed by atoms with E-state index in [1.807, 2.05) is 6.08 Å². The molecule has 2 nitrogen and oxygen atoms in total. The van der Waals surface area contributed by atoms with Gasteiger partial charge >= 0.3 is 0 Å². The fourth-order valence-corrected chi connectivity index (χ4v) is 3.31. The molecule has 1 aliphatic heterocycles. The minimum Gasteiger partial charge on any atom is -0.629 e. The molecule has 124 valence electrons. The van der Waals surface area contributed by atoms with Crippen LogP contribution in [0.1, 0.15) is 104 Å². The molecular formula is C19H37NO. The van der Waals surface area contributed by atoms with Gasteiger partial charge in [-0.3, -0.25) is 0 Å². The third kappa shape index (κ3) is 8.01. The number of hydroxylamine groups is 2. The minimum absolute atomic E-state index is 0.0571. The highest BCUT2D eigenvalue weighted by Crippen LogP contribution is 2.20. The van der Waals surface area contributed by atoms with Gasteiger partial charge in [0.1, 0.15) is 5.54 Å². The van der Waals surface area contributed by atoms with Crippen molar-refractivity contribution in [2.45, 2.75) is 109 Å². The molecule has 0 aromatic carbocycles.